The van der Waals surface area contributed by atoms with Gasteiger partial charge in [-0.05, 0) is 34.0 Å². The predicted octanol–water partition coefficient (Wildman–Crippen LogP) is 1.63. The summed E-state index contributed by atoms with van der Waals surface area (Å²) in [7, 11) is 0. The van der Waals surface area contributed by atoms with Gasteiger partial charge >= 0.3 is 5.97 Å². The molecule has 0 aliphatic rings. The summed E-state index contributed by atoms with van der Waals surface area (Å²) in [6, 6.07) is -0.495. The normalized spacial score (nSPS) is 12.5. The van der Waals surface area contributed by atoms with Crippen molar-refractivity contribution in [2.45, 2.75) is 19.4 Å². The van der Waals surface area contributed by atoms with E-state index in [0.29, 0.717) is 0 Å². The monoisotopic (exact) mass is 258 g/mol. The quantitative estimate of drug-likeness (QED) is 0.864. The summed E-state index contributed by atoms with van der Waals surface area (Å²) >= 11 is 3.30. The van der Waals surface area contributed by atoms with E-state index in [2.05, 4.69) is 20.9 Å². The standard InChI is InChI=1S/C9H11BrN2O2/c1-5-3-12-4-6(10)9(5)7(11)2-8(13)14/h3-4,7H,2,11H2,1H3,(H,13,14). The van der Waals surface area contributed by atoms with Gasteiger partial charge in [-0.3, -0.25) is 9.78 Å². The number of aromatic nitrogens is 1. The Hall–Kier alpha value is -0.940. The smallest absolute Gasteiger partial charge is 0.305 e. The highest BCUT2D eigenvalue weighted by Crippen LogP contribution is 2.25. The fourth-order valence-electron chi connectivity index (χ4n) is 1.30. The van der Waals surface area contributed by atoms with Crippen LogP contribution in [0, 0.1) is 6.92 Å². The molecule has 0 aromatic carbocycles. The summed E-state index contributed by atoms with van der Waals surface area (Å²) in [5.41, 5.74) is 7.46. The van der Waals surface area contributed by atoms with Gasteiger partial charge in [-0.25, -0.2) is 0 Å². The van der Waals surface area contributed by atoms with E-state index >= 15 is 0 Å². The lowest BCUT2D eigenvalue weighted by Crippen LogP contribution is -2.16. The predicted molar refractivity (Wildman–Crippen MR) is 55.9 cm³/mol. The molecule has 4 nitrogen and oxygen atoms in total. The molecule has 0 bridgehead atoms. The summed E-state index contributed by atoms with van der Waals surface area (Å²) < 4.78 is 0.756. The van der Waals surface area contributed by atoms with Gasteiger partial charge in [-0.1, -0.05) is 0 Å². The van der Waals surface area contributed by atoms with Crippen LogP contribution in [0.1, 0.15) is 23.6 Å². The maximum absolute atomic E-state index is 10.5. The van der Waals surface area contributed by atoms with Crippen molar-refractivity contribution in [2.75, 3.05) is 0 Å². The molecule has 3 N–H and O–H groups in total. The number of nitrogens with zero attached hydrogens (tertiary/aromatic N) is 1. The third-order valence-electron chi connectivity index (χ3n) is 1.90. The molecule has 1 aromatic heterocycles. The number of nitrogens with two attached hydrogens (primary N) is 1. The van der Waals surface area contributed by atoms with E-state index in [4.69, 9.17) is 10.8 Å². The van der Waals surface area contributed by atoms with Crippen molar-refractivity contribution in [1.82, 2.24) is 4.98 Å². The molecule has 1 heterocycles. The largest absolute Gasteiger partial charge is 0.481 e. The van der Waals surface area contributed by atoms with Crippen molar-refractivity contribution in [3.8, 4) is 0 Å². The number of carboxylic acid groups (broad SMARTS) is 1. The maximum atomic E-state index is 10.5. The number of carbonyl (C=O) groups is 1. The van der Waals surface area contributed by atoms with E-state index in [1.54, 1.807) is 12.4 Å². The van der Waals surface area contributed by atoms with Crippen molar-refractivity contribution < 1.29 is 9.90 Å². The Morgan fingerprint density at radius 2 is 2.36 bits per heavy atom. The fraction of sp³-hybridized carbons (Fsp3) is 0.333. The lowest BCUT2D eigenvalue weighted by atomic mass is 10.0. The summed E-state index contributed by atoms with van der Waals surface area (Å²) in [5.74, 6) is -0.902. The second-order valence-electron chi connectivity index (χ2n) is 3.06. The minimum atomic E-state index is -0.902. The molecule has 76 valence electrons. The van der Waals surface area contributed by atoms with Gasteiger partial charge in [0.2, 0.25) is 0 Å². The Morgan fingerprint density at radius 1 is 1.71 bits per heavy atom. The van der Waals surface area contributed by atoms with Crippen LogP contribution in [0.2, 0.25) is 0 Å². The molecule has 1 atom stereocenters. The highest BCUT2D eigenvalue weighted by Gasteiger charge is 2.15. The topological polar surface area (TPSA) is 76.2 Å². The fourth-order valence-corrected chi connectivity index (χ4v) is 2.03. The van der Waals surface area contributed by atoms with Gasteiger partial charge in [0.25, 0.3) is 0 Å². The van der Waals surface area contributed by atoms with E-state index in [0.717, 1.165) is 15.6 Å². The lowest BCUT2D eigenvalue weighted by Gasteiger charge is -2.13. The Kier molecular flexibility index (Phi) is 3.60. The molecule has 0 aliphatic heterocycles. The van der Waals surface area contributed by atoms with Crippen LogP contribution in [-0.2, 0) is 4.79 Å². The van der Waals surface area contributed by atoms with Crippen LogP contribution >= 0.6 is 15.9 Å². The molecule has 0 amide bonds. The van der Waals surface area contributed by atoms with Gasteiger partial charge in [0.05, 0.1) is 6.42 Å². The second-order valence-corrected chi connectivity index (χ2v) is 3.91. The SMILES string of the molecule is Cc1cncc(Br)c1C(N)CC(=O)O. The summed E-state index contributed by atoms with van der Waals surface area (Å²) in [6.45, 7) is 1.86. The third-order valence-corrected chi connectivity index (χ3v) is 2.54. The van der Waals surface area contributed by atoms with E-state index in [-0.39, 0.29) is 6.42 Å². The van der Waals surface area contributed by atoms with E-state index in [1.807, 2.05) is 6.92 Å². The first-order chi connectivity index (χ1) is 6.52. The molecule has 0 saturated carbocycles. The average Bonchev–Trinajstić information content (AvgIpc) is 2.01. The van der Waals surface area contributed by atoms with Gasteiger partial charge in [-0.15, -0.1) is 0 Å². The molecule has 5 heteroatoms. The van der Waals surface area contributed by atoms with Crippen LogP contribution in [0.4, 0.5) is 0 Å². The van der Waals surface area contributed by atoms with Gasteiger partial charge in [0, 0.05) is 22.9 Å². The lowest BCUT2D eigenvalue weighted by molar-refractivity contribution is -0.137. The number of pyridine rings is 1. The number of halogens is 1. The first-order valence-electron chi connectivity index (χ1n) is 4.09. The van der Waals surface area contributed by atoms with Crippen molar-refractivity contribution in [3.63, 3.8) is 0 Å². The summed E-state index contributed by atoms with van der Waals surface area (Å²) in [4.78, 5) is 14.5. The maximum Gasteiger partial charge on any atom is 0.305 e. The van der Waals surface area contributed by atoms with E-state index in [1.165, 1.54) is 0 Å². The molecular formula is C9H11BrN2O2. The zero-order valence-corrected chi connectivity index (χ0v) is 9.28. The zero-order chi connectivity index (χ0) is 10.7. The molecule has 1 unspecified atom stereocenters. The average molecular weight is 259 g/mol. The van der Waals surface area contributed by atoms with Crippen molar-refractivity contribution in [3.05, 3.63) is 28.0 Å². The molecule has 14 heavy (non-hydrogen) atoms. The highest BCUT2D eigenvalue weighted by atomic mass is 79.9. The van der Waals surface area contributed by atoms with Crippen molar-refractivity contribution in [2.24, 2.45) is 5.73 Å². The van der Waals surface area contributed by atoms with Gasteiger partial charge < -0.3 is 10.8 Å². The third kappa shape index (κ3) is 2.52. The van der Waals surface area contributed by atoms with Crippen LogP contribution in [0.25, 0.3) is 0 Å². The van der Waals surface area contributed by atoms with Gasteiger partial charge in [-0.2, -0.15) is 0 Å². The minimum Gasteiger partial charge on any atom is -0.481 e. The molecule has 0 saturated heterocycles. The summed E-state index contributed by atoms with van der Waals surface area (Å²) in [5, 5.41) is 8.62. The first kappa shape index (κ1) is 11.1. The Labute approximate surface area is 90.3 Å². The Balaban J connectivity index is 2.99. The van der Waals surface area contributed by atoms with Crippen molar-refractivity contribution in [1.29, 1.82) is 0 Å². The molecule has 1 rings (SSSR count). The first-order valence-corrected chi connectivity index (χ1v) is 4.89. The van der Waals surface area contributed by atoms with Crippen LogP contribution in [-0.4, -0.2) is 16.1 Å². The Morgan fingerprint density at radius 3 is 2.86 bits per heavy atom. The van der Waals surface area contributed by atoms with Crippen LogP contribution in [0.15, 0.2) is 16.9 Å². The molecule has 0 spiro atoms. The van der Waals surface area contributed by atoms with Crippen LogP contribution in [0.3, 0.4) is 0 Å². The number of carboxylic acids is 1. The molecule has 1 aromatic rings. The molecular weight excluding hydrogens is 248 g/mol. The minimum absolute atomic E-state index is 0.0799. The van der Waals surface area contributed by atoms with Crippen LogP contribution < -0.4 is 5.73 Å². The zero-order valence-electron chi connectivity index (χ0n) is 7.70. The number of hydrogen-bond acceptors (Lipinski definition) is 3. The van der Waals surface area contributed by atoms with E-state index in [9.17, 15) is 4.79 Å². The Bertz CT molecular complexity index is 334. The summed E-state index contributed by atoms with van der Waals surface area (Å²) in [6.07, 6.45) is 3.20. The molecule has 0 aliphatic carbocycles. The van der Waals surface area contributed by atoms with Crippen molar-refractivity contribution >= 4 is 21.9 Å². The highest BCUT2D eigenvalue weighted by molar-refractivity contribution is 9.10. The number of rotatable bonds is 3. The number of hydrogen-bond donors (Lipinski definition) is 2. The molecule has 0 fully saturated rings. The van der Waals surface area contributed by atoms with Gasteiger partial charge in [0.15, 0.2) is 0 Å². The number of aryl methyl sites for hydroxylation is 1. The van der Waals surface area contributed by atoms with Crippen LogP contribution in [0.5, 0.6) is 0 Å². The molecule has 0 radical (unpaired) electrons. The second kappa shape index (κ2) is 4.52. The van der Waals surface area contributed by atoms with Gasteiger partial charge in [0.1, 0.15) is 0 Å². The number of aliphatic carboxylic acids is 1. The van der Waals surface area contributed by atoms with E-state index < -0.39 is 12.0 Å².